The molecule has 0 radical (unpaired) electrons. The monoisotopic (exact) mass is 346 g/mol. The topological polar surface area (TPSA) is 64.7 Å². The Morgan fingerprint density at radius 1 is 1.28 bits per heavy atom. The Labute approximate surface area is 150 Å². The summed E-state index contributed by atoms with van der Waals surface area (Å²) >= 11 is 0. The van der Waals surface area contributed by atoms with Gasteiger partial charge in [-0.1, -0.05) is 19.1 Å². The van der Waals surface area contributed by atoms with Crippen molar-refractivity contribution in [1.29, 1.82) is 0 Å². The molecule has 0 bridgehead atoms. The van der Waals surface area contributed by atoms with E-state index in [1.54, 1.807) is 6.07 Å². The normalized spacial score (nSPS) is 17.4. The number of likely N-dealkylation sites (tertiary alicyclic amines) is 1. The van der Waals surface area contributed by atoms with Gasteiger partial charge in [0.1, 0.15) is 0 Å². The summed E-state index contributed by atoms with van der Waals surface area (Å²) in [5.74, 6) is 0.480. The number of nitrogens with zero attached hydrogens (tertiary/aromatic N) is 2. The largest absolute Gasteiger partial charge is 0.351 e. The molecule has 0 unspecified atom stereocenters. The molecule has 138 valence electrons. The molecule has 2 N–H and O–H groups in total. The highest BCUT2D eigenvalue weighted by molar-refractivity contribution is 5.94. The van der Waals surface area contributed by atoms with Crippen LogP contribution in [0.2, 0.25) is 0 Å². The van der Waals surface area contributed by atoms with Crippen molar-refractivity contribution in [2.45, 2.75) is 26.3 Å². The number of nitrogens with one attached hydrogen (secondary N) is 2. The average Bonchev–Trinajstić information content (AvgIpc) is 2.59. The first kappa shape index (κ1) is 19.2. The summed E-state index contributed by atoms with van der Waals surface area (Å²) in [6.07, 6.45) is 2.26. The van der Waals surface area contributed by atoms with Crippen LogP contribution in [0.4, 0.5) is 4.79 Å². The molecule has 0 aromatic heterocycles. The van der Waals surface area contributed by atoms with Crippen LogP contribution in [-0.2, 0) is 6.54 Å². The van der Waals surface area contributed by atoms with Gasteiger partial charge in [-0.3, -0.25) is 4.79 Å². The third kappa shape index (κ3) is 6.38. The van der Waals surface area contributed by atoms with Crippen LogP contribution < -0.4 is 10.6 Å². The molecule has 1 aromatic carbocycles. The highest BCUT2D eigenvalue weighted by Crippen LogP contribution is 2.15. The first-order valence-corrected chi connectivity index (χ1v) is 9.00. The first-order chi connectivity index (χ1) is 12.0. The van der Waals surface area contributed by atoms with E-state index >= 15 is 0 Å². The van der Waals surface area contributed by atoms with Crippen LogP contribution in [0.1, 0.15) is 35.7 Å². The lowest BCUT2D eigenvalue weighted by Gasteiger charge is -2.31. The second-order valence-electron chi connectivity index (χ2n) is 7.11. The van der Waals surface area contributed by atoms with E-state index in [9.17, 15) is 9.59 Å². The molecule has 0 saturated carbocycles. The first-order valence-electron chi connectivity index (χ1n) is 9.00. The molecule has 1 fully saturated rings. The van der Waals surface area contributed by atoms with Gasteiger partial charge in [-0.15, -0.1) is 0 Å². The third-order valence-electron chi connectivity index (χ3n) is 4.42. The predicted octanol–water partition coefficient (Wildman–Crippen LogP) is 1.92. The number of carbonyl (C=O) groups excluding carboxylic acids is 2. The standard InChI is InChI=1S/C19H30N4O2/c1-15-6-5-10-23(14-15)19(25)21-13-16-7-4-8-17(12-16)18(24)20-9-11-22(2)3/h4,7-8,12,15H,5-6,9-11,13-14H2,1-3H3,(H,20,24)(H,21,25)/t15-/m1/s1. The van der Waals surface area contributed by atoms with Gasteiger partial charge in [-0.2, -0.15) is 0 Å². The van der Waals surface area contributed by atoms with Gasteiger partial charge in [0.2, 0.25) is 0 Å². The summed E-state index contributed by atoms with van der Waals surface area (Å²) in [7, 11) is 3.94. The van der Waals surface area contributed by atoms with Crippen molar-refractivity contribution in [2.75, 3.05) is 40.3 Å². The number of carbonyl (C=O) groups is 2. The third-order valence-corrected chi connectivity index (χ3v) is 4.42. The fourth-order valence-electron chi connectivity index (χ4n) is 2.98. The van der Waals surface area contributed by atoms with E-state index in [0.29, 0.717) is 24.6 Å². The highest BCUT2D eigenvalue weighted by atomic mass is 16.2. The average molecular weight is 346 g/mol. The van der Waals surface area contributed by atoms with Crippen LogP contribution in [0.25, 0.3) is 0 Å². The van der Waals surface area contributed by atoms with Gasteiger partial charge in [0.15, 0.2) is 0 Å². The molecule has 1 aromatic rings. The lowest BCUT2D eigenvalue weighted by atomic mass is 10.0. The molecule has 0 spiro atoms. The SMILES string of the molecule is C[C@@H]1CCCN(C(=O)NCc2cccc(C(=O)NCCN(C)C)c2)C1. The maximum atomic E-state index is 12.3. The number of likely N-dealkylation sites (N-methyl/N-ethyl adjacent to an activating group) is 1. The number of benzene rings is 1. The van der Waals surface area contributed by atoms with Crippen LogP contribution in [0.5, 0.6) is 0 Å². The summed E-state index contributed by atoms with van der Waals surface area (Å²) in [5.41, 5.74) is 1.55. The van der Waals surface area contributed by atoms with E-state index in [2.05, 4.69) is 17.6 Å². The van der Waals surface area contributed by atoms with Crippen molar-refractivity contribution in [2.24, 2.45) is 5.92 Å². The summed E-state index contributed by atoms with van der Waals surface area (Å²) in [6.45, 7) is 5.67. The van der Waals surface area contributed by atoms with E-state index < -0.39 is 0 Å². The number of urea groups is 1. The summed E-state index contributed by atoms with van der Waals surface area (Å²) in [6, 6.07) is 7.39. The molecular weight excluding hydrogens is 316 g/mol. The molecule has 0 aliphatic carbocycles. The Bertz CT molecular complexity index is 589. The van der Waals surface area contributed by atoms with Crippen molar-refractivity contribution in [3.8, 4) is 0 Å². The zero-order valence-corrected chi connectivity index (χ0v) is 15.5. The van der Waals surface area contributed by atoms with Gasteiger partial charge in [0, 0.05) is 38.3 Å². The molecule has 1 heterocycles. The molecule has 2 rings (SSSR count). The maximum absolute atomic E-state index is 12.3. The molecule has 1 atom stereocenters. The van der Waals surface area contributed by atoms with Crippen molar-refractivity contribution in [3.63, 3.8) is 0 Å². The summed E-state index contributed by atoms with van der Waals surface area (Å²) in [4.78, 5) is 28.3. The fraction of sp³-hybridized carbons (Fsp3) is 0.579. The predicted molar refractivity (Wildman–Crippen MR) is 99.5 cm³/mol. The Morgan fingerprint density at radius 2 is 2.08 bits per heavy atom. The number of hydrogen-bond acceptors (Lipinski definition) is 3. The summed E-state index contributed by atoms with van der Waals surface area (Å²) < 4.78 is 0. The maximum Gasteiger partial charge on any atom is 0.317 e. The van der Waals surface area contributed by atoms with E-state index in [1.165, 1.54) is 6.42 Å². The van der Waals surface area contributed by atoms with Crippen molar-refractivity contribution < 1.29 is 9.59 Å². The van der Waals surface area contributed by atoms with Crippen LogP contribution in [0, 0.1) is 5.92 Å². The molecule has 6 heteroatoms. The van der Waals surface area contributed by atoms with Crippen molar-refractivity contribution in [3.05, 3.63) is 35.4 Å². The highest BCUT2D eigenvalue weighted by Gasteiger charge is 2.20. The Morgan fingerprint density at radius 3 is 2.80 bits per heavy atom. The lowest BCUT2D eigenvalue weighted by Crippen LogP contribution is -2.44. The zero-order valence-electron chi connectivity index (χ0n) is 15.5. The Kier molecular flexibility index (Phi) is 7.25. The minimum absolute atomic E-state index is 0.0209. The van der Waals surface area contributed by atoms with Crippen molar-refractivity contribution in [1.82, 2.24) is 20.4 Å². The van der Waals surface area contributed by atoms with E-state index in [-0.39, 0.29) is 11.9 Å². The van der Waals surface area contributed by atoms with Crippen molar-refractivity contribution >= 4 is 11.9 Å². The quantitative estimate of drug-likeness (QED) is 0.827. The van der Waals surface area contributed by atoms with Gasteiger partial charge >= 0.3 is 6.03 Å². The van der Waals surface area contributed by atoms with E-state index in [1.807, 2.05) is 42.1 Å². The Balaban J connectivity index is 1.84. The molecule has 1 aliphatic rings. The lowest BCUT2D eigenvalue weighted by molar-refractivity contribution is 0.0951. The number of amides is 3. The molecule has 1 aliphatic heterocycles. The Hall–Kier alpha value is -2.08. The molecule has 6 nitrogen and oxygen atoms in total. The van der Waals surface area contributed by atoms with Crippen LogP contribution in [-0.4, -0.2) is 62.0 Å². The van der Waals surface area contributed by atoms with Gasteiger partial charge < -0.3 is 20.4 Å². The number of piperidine rings is 1. The minimum atomic E-state index is -0.0834. The van der Waals surface area contributed by atoms with Gasteiger partial charge in [0.05, 0.1) is 0 Å². The summed E-state index contributed by atoms with van der Waals surface area (Å²) in [5, 5.41) is 5.86. The fourth-order valence-corrected chi connectivity index (χ4v) is 2.98. The van der Waals surface area contributed by atoms with Gasteiger partial charge in [0.25, 0.3) is 5.91 Å². The molecular formula is C19H30N4O2. The van der Waals surface area contributed by atoms with Crippen LogP contribution in [0.3, 0.4) is 0 Å². The smallest absolute Gasteiger partial charge is 0.317 e. The minimum Gasteiger partial charge on any atom is -0.351 e. The molecule has 25 heavy (non-hydrogen) atoms. The van der Waals surface area contributed by atoms with Crippen LogP contribution >= 0.6 is 0 Å². The van der Waals surface area contributed by atoms with E-state index in [0.717, 1.165) is 31.6 Å². The van der Waals surface area contributed by atoms with E-state index in [4.69, 9.17) is 0 Å². The number of hydrogen-bond donors (Lipinski definition) is 2. The van der Waals surface area contributed by atoms with Crippen LogP contribution in [0.15, 0.2) is 24.3 Å². The van der Waals surface area contributed by atoms with Gasteiger partial charge in [-0.25, -0.2) is 4.79 Å². The second kappa shape index (κ2) is 9.42. The second-order valence-corrected chi connectivity index (χ2v) is 7.11. The van der Waals surface area contributed by atoms with Gasteiger partial charge in [-0.05, 0) is 50.6 Å². The molecule has 1 saturated heterocycles. The zero-order chi connectivity index (χ0) is 18.2. The number of rotatable bonds is 6. The molecule has 3 amide bonds.